The number of H-pyrrole nitrogens is 1. The first kappa shape index (κ1) is 21.4. The van der Waals surface area contributed by atoms with Gasteiger partial charge in [-0.05, 0) is 41.8 Å². The van der Waals surface area contributed by atoms with Gasteiger partial charge in [-0.1, -0.05) is 24.3 Å². The molecule has 0 saturated carbocycles. The standard InChI is InChI=1S/C24H25N5O3/c1-17-5-3-4-6-20(17)24(13-21(30)28(2)16-19-9-12-26-27-19)14-22(31)29(23(24)32)15-18-7-10-25-11-8-18/h3-12H,13-16H2,1-2H3,(H,26,27)/t24-/m1/s1. The van der Waals surface area contributed by atoms with Crippen molar-refractivity contribution < 1.29 is 14.4 Å². The fourth-order valence-corrected chi connectivity index (χ4v) is 4.29. The van der Waals surface area contributed by atoms with Crippen molar-refractivity contribution in [1.29, 1.82) is 0 Å². The maximum absolute atomic E-state index is 13.8. The Labute approximate surface area is 186 Å². The Morgan fingerprint density at radius 2 is 1.88 bits per heavy atom. The highest BCUT2D eigenvalue weighted by Gasteiger charge is 2.54. The number of nitrogens with zero attached hydrogens (tertiary/aromatic N) is 4. The van der Waals surface area contributed by atoms with Crippen molar-refractivity contribution >= 4 is 17.7 Å². The molecule has 4 rings (SSSR count). The molecule has 1 aliphatic rings. The van der Waals surface area contributed by atoms with Gasteiger partial charge in [-0.3, -0.25) is 29.4 Å². The van der Waals surface area contributed by atoms with Gasteiger partial charge in [-0.25, -0.2) is 0 Å². The van der Waals surface area contributed by atoms with E-state index in [0.29, 0.717) is 6.54 Å². The monoisotopic (exact) mass is 431 g/mol. The number of hydrogen-bond donors (Lipinski definition) is 1. The number of nitrogens with one attached hydrogen (secondary N) is 1. The predicted molar refractivity (Wildman–Crippen MR) is 117 cm³/mol. The first-order valence-electron chi connectivity index (χ1n) is 10.4. The molecule has 3 aromatic rings. The third-order valence-corrected chi connectivity index (χ3v) is 6.00. The van der Waals surface area contributed by atoms with E-state index in [9.17, 15) is 14.4 Å². The zero-order valence-electron chi connectivity index (χ0n) is 18.1. The third kappa shape index (κ3) is 4.03. The first-order chi connectivity index (χ1) is 15.4. The topological polar surface area (TPSA) is 99.3 Å². The highest BCUT2D eigenvalue weighted by Crippen LogP contribution is 2.42. The minimum absolute atomic E-state index is 0.0363. The van der Waals surface area contributed by atoms with Crippen LogP contribution in [0.1, 0.15) is 35.2 Å². The van der Waals surface area contributed by atoms with Gasteiger partial charge in [0, 0.05) is 38.5 Å². The van der Waals surface area contributed by atoms with Gasteiger partial charge >= 0.3 is 0 Å². The maximum atomic E-state index is 13.8. The lowest BCUT2D eigenvalue weighted by Gasteiger charge is -2.30. The lowest BCUT2D eigenvalue weighted by atomic mass is 9.74. The van der Waals surface area contributed by atoms with Crippen molar-refractivity contribution in [2.24, 2.45) is 0 Å². The van der Waals surface area contributed by atoms with E-state index in [1.807, 2.05) is 31.2 Å². The second kappa shape index (κ2) is 8.74. The molecule has 32 heavy (non-hydrogen) atoms. The molecule has 1 atom stereocenters. The second-order valence-corrected chi connectivity index (χ2v) is 8.22. The number of aryl methyl sites for hydroxylation is 1. The first-order valence-corrected chi connectivity index (χ1v) is 10.4. The summed E-state index contributed by atoms with van der Waals surface area (Å²) in [6, 6.07) is 12.8. The minimum Gasteiger partial charge on any atom is -0.340 e. The summed E-state index contributed by atoms with van der Waals surface area (Å²) in [5, 5.41) is 6.75. The normalized spacial score (nSPS) is 18.2. The molecule has 0 radical (unpaired) electrons. The van der Waals surface area contributed by atoms with E-state index < -0.39 is 5.41 Å². The fourth-order valence-electron chi connectivity index (χ4n) is 4.29. The van der Waals surface area contributed by atoms with Gasteiger partial charge in [0.2, 0.25) is 17.7 Å². The van der Waals surface area contributed by atoms with Crippen LogP contribution < -0.4 is 0 Å². The number of rotatable bonds is 7. The lowest BCUT2D eigenvalue weighted by Crippen LogP contribution is -2.42. The summed E-state index contributed by atoms with van der Waals surface area (Å²) >= 11 is 0. The Kier molecular flexibility index (Phi) is 5.85. The van der Waals surface area contributed by atoms with Crippen LogP contribution in [0.25, 0.3) is 0 Å². The maximum Gasteiger partial charge on any atom is 0.241 e. The molecule has 3 amide bonds. The number of benzene rings is 1. The average molecular weight is 431 g/mol. The molecule has 0 unspecified atom stereocenters. The summed E-state index contributed by atoms with van der Waals surface area (Å²) < 4.78 is 0. The summed E-state index contributed by atoms with van der Waals surface area (Å²) in [6.07, 6.45) is 4.76. The molecule has 0 bridgehead atoms. The highest BCUT2D eigenvalue weighted by atomic mass is 16.2. The number of imide groups is 1. The molecule has 1 aromatic carbocycles. The van der Waals surface area contributed by atoms with Crippen LogP contribution >= 0.6 is 0 Å². The molecule has 0 spiro atoms. The van der Waals surface area contributed by atoms with Crippen LogP contribution in [-0.4, -0.2) is 49.8 Å². The van der Waals surface area contributed by atoms with Crippen LogP contribution in [0.4, 0.5) is 0 Å². The van der Waals surface area contributed by atoms with E-state index >= 15 is 0 Å². The summed E-state index contributed by atoms with van der Waals surface area (Å²) in [5.74, 6) is -0.828. The number of carbonyl (C=O) groups is 3. The SMILES string of the molecule is Cc1ccccc1[C@@]1(CC(=O)N(C)Cc2ccn[nH]2)CC(=O)N(Cc2ccncc2)C1=O. The predicted octanol–water partition coefficient (Wildman–Crippen LogP) is 2.36. The number of aromatic amines is 1. The summed E-state index contributed by atoms with van der Waals surface area (Å²) in [6.45, 7) is 2.40. The molecule has 1 aliphatic heterocycles. The van der Waals surface area contributed by atoms with Crippen LogP contribution in [-0.2, 0) is 32.9 Å². The summed E-state index contributed by atoms with van der Waals surface area (Å²) in [5.41, 5.74) is 1.97. The molecule has 3 heterocycles. The molecule has 2 aromatic heterocycles. The van der Waals surface area contributed by atoms with E-state index in [2.05, 4.69) is 15.2 Å². The number of hydrogen-bond acceptors (Lipinski definition) is 5. The smallest absolute Gasteiger partial charge is 0.241 e. The van der Waals surface area contributed by atoms with Gasteiger partial charge in [-0.15, -0.1) is 0 Å². The number of amides is 3. The van der Waals surface area contributed by atoms with Crippen molar-refractivity contribution in [1.82, 2.24) is 25.0 Å². The van der Waals surface area contributed by atoms with Gasteiger partial charge in [0.15, 0.2) is 0 Å². The van der Waals surface area contributed by atoms with Gasteiger partial charge in [0.25, 0.3) is 0 Å². The van der Waals surface area contributed by atoms with Crippen LogP contribution in [0.3, 0.4) is 0 Å². The molecular formula is C24H25N5O3. The van der Waals surface area contributed by atoms with Crippen molar-refractivity contribution in [2.75, 3.05) is 7.05 Å². The second-order valence-electron chi connectivity index (χ2n) is 8.22. The number of aromatic nitrogens is 3. The molecule has 0 aliphatic carbocycles. The molecule has 8 nitrogen and oxygen atoms in total. The van der Waals surface area contributed by atoms with Gasteiger partial charge in [-0.2, -0.15) is 5.10 Å². The van der Waals surface area contributed by atoms with Crippen LogP contribution in [0.5, 0.6) is 0 Å². The van der Waals surface area contributed by atoms with Gasteiger partial charge in [0.05, 0.1) is 24.2 Å². The van der Waals surface area contributed by atoms with Crippen molar-refractivity contribution in [3.8, 4) is 0 Å². The molecule has 8 heteroatoms. The minimum atomic E-state index is -1.23. The number of likely N-dealkylation sites (tertiary alicyclic amines) is 1. The molecule has 1 saturated heterocycles. The largest absolute Gasteiger partial charge is 0.340 e. The Morgan fingerprint density at radius 3 is 2.56 bits per heavy atom. The van der Waals surface area contributed by atoms with Crippen molar-refractivity contribution in [2.45, 2.75) is 38.3 Å². The molecule has 1 fully saturated rings. The van der Waals surface area contributed by atoms with Crippen molar-refractivity contribution in [3.63, 3.8) is 0 Å². The lowest BCUT2D eigenvalue weighted by molar-refractivity contribution is -0.143. The Hall–Kier alpha value is -3.81. The molecule has 1 N–H and O–H groups in total. The quantitative estimate of drug-likeness (QED) is 0.579. The van der Waals surface area contributed by atoms with Gasteiger partial charge < -0.3 is 4.90 Å². The third-order valence-electron chi connectivity index (χ3n) is 6.00. The van der Waals surface area contributed by atoms with E-state index in [-0.39, 0.29) is 37.1 Å². The summed E-state index contributed by atoms with van der Waals surface area (Å²) in [4.78, 5) is 46.9. The van der Waals surface area contributed by atoms with E-state index in [1.54, 1.807) is 48.7 Å². The van der Waals surface area contributed by atoms with E-state index in [1.165, 1.54) is 4.90 Å². The molecular weight excluding hydrogens is 406 g/mol. The zero-order chi connectivity index (χ0) is 22.7. The van der Waals surface area contributed by atoms with Crippen molar-refractivity contribution in [3.05, 3.63) is 83.4 Å². The van der Waals surface area contributed by atoms with Crippen LogP contribution in [0.2, 0.25) is 0 Å². The van der Waals surface area contributed by atoms with E-state index in [4.69, 9.17) is 0 Å². The average Bonchev–Trinajstić information content (AvgIpc) is 3.37. The Balaban J connectivity index is 1.66. The van der Waals surface area contributed by atoms with Crippen LogP contribution in [0, 0.1) is 6.92 Å². The number of carbonyl (C=O) groups excluding carboxylic acids is 3. The zero-order valence-corrected chi connectivity index (χ0v) is 18.1. The molecule has 164 valence electrons. The summed E-state index contributed by atoms with van der Waals surface area (Å²) in [7, 11) is 1.69. The highest BCUT2D eigenvalue weighted by molar-refractivity contribution is 6.10. The Bertz CT molecular complexity index is 1130. The Morgan fingerprint density at radius 1 is 1.12 bits per heavy atom. The number of pyridine rings is 1. The fraction of sp³-hybridized carbons (Fsp3) is 0.292. The van der Waals surface area contributed by atoms with E-state index in [0.717, 1.165) is 22.4 Å². The van der Waals surface area contributed by atoms with Gasteiger partial charge in [0.1, 0.15) is 0 Å². The van der Waals surface area contributed by atoms with Crippen LogP contribution in [0.15, 0.2) is 61.1 Å².